The Bertz CT molecular complexity index is 815. The number of thiophene rings is 1. The van der Waals surface area contributed by atoms with Crippen LogP contribution in [0.2, 0.25) is 5.02 Å². The average Bonchev–Trinajstić information content (AvgIpc) is 3.10. The van der Waals surface area contributed by atoms with E-state index in [2.05, 4.69) is 18.0 Å². The van der Waals surface area contributed by atoms with Gasteiger partial charge in [-0.1, -0.05) is 29.8 Å². The summed E-state index contributed by atoms with van der Waals surface area (Å²) < 4.78 is 0. The molecule has 26 heavy (non-hydrogen) atoms. The monoisotopic (exact) mass is 388 g/mol. The maximum absolute atomic E-state index is 13.0. The van der Waals surface area contributed by atoms with Gasteiger partial charge < -0.3 is 9.80 Å². The second kappa shape index (κ2) is 8.06. The van der Waals surface area contributed by atoms with Gasteiger partial charge in [-0.25, -0.2) is 0 Å². The van der Waals surface area contributed by atoms with Gasteiger partial charge in [0.15, 0.2) is 0 Å². The molecule has 0 N–H and O–H groups in total. The summed E-state index contributed by atoms with van der Waals surface area (Å²) >= 11 is 7.76. The molecule has 0 bridgehead atoms. The van der Waals surface area contributed by atoms with Crippen LogP contribution in [0.4, 0.5) is 0 Å². The van der Waals surface area contributed by atoms with Gasteiger partial charge in [0.25, 0.3) is 0 Å². The lowest BCUT2D eigenvalue weighted by Gasteiger charge is -2.37. The zero-order valence-corrected chi connectivity index (χ0v) is 16.2. The van der Waals surface area contributed by atoms with Crippen LogP contribution in [0.3, 0.4) is 0 Å². The fraction of sp³-hybridized carbons (Fsp3) is 0.300. The molecule has 1 aromatic heterocycles. The van der Waals surface area contributed by atoms with E-state index < -0.39 is 0 Å². The minimum Gasteiger partial charge on any atom is -0.330 e. The number of amides is 2. The number of rotatable bonds is 5. The van der Waals surface area contributed by atoms with Crippen LogP contribution in [-0.4, -0.2) is 41.2 Å². The predicted octanol–water partition coefficient (Wildman–Crippen LogP) is 3.91. The summed E-state index contributed by atoms with van der Waals surface area (Å²) in [6.07, 6.45) is 2.48. The molecule has 0 saturated carbocycles. The second-order valence-electron chi connectivity index (χ2n) is 6.28. The highest BCUT2D eigenvalue weighted by Crippen LogP contribution is 2.38. The molecule has 3 rings (SSSR count). The van der Waals surface area contributed by atoms with Gasteiger partial charge in [-0.2, -0.15) is 0 Å². The Morgan fingerprint density at radius 3 is 2.73 bits per heavy atom. The van der Waals surface area contributed by atoms with Gasteiger partial charge >= 0.3 is 0 Å². The first-order valence-electron chi connectivity index (χ1n) is 8.49. The molecule has 6 heteroatoms. The highest BCUT2D eigenvalue weighted by molar-refractivity contribution is 7.10. The summed E-state index contributed by atoms with van der Waals surface area (Å²) in [7, 11) is 0. The first-order chi connectivity index (χ1) is 12.5. The quantitative estimate of drug-likeness (QED) is 0.728. The number of nitrogens with zero attached hydrogens (tertiary/aromatic N) is 2. The molecule has 2 aromatic rings. The van der Waals surface area contributed by atoms with E-state index in [9.17, 15) is 9.59 Å². The number of hydrogen-bond donors (Lipinski definition) is 0. The van der Waals surface area contributed by atoms with Gasteiger partial charge in [-0.3, -0.25) is 9.59 Å². The third-order valence-electron chi connectivity index (χ3n) is 4.59. The van der Waals surface area contributed by atoms with E-state index in [0.717, 1.165) is 17.5 Å². The van der Waals surface area contributed by atoms with Crippen LogP contribution < -0.4 is 0 Å². The van der Waals surface area contributed by atoms with Crippen molar-refractivity contribution in [3.05, 3.63) is 69.4 Å². The highest BCUT2D eigenvalue weighted by atomic mass is 35.5. The molecule has 0 aliphatic carbocycles. The van der Waals surface area contributed by atoms with E-state index in [1.807, 2.05) is 29.2 Å². The Morgan fingerprint density at radius 2 is 2.08 bits per heavy atom. The number of carbonyl (C=O) groups excluding carboxylic acids is 2. The molecule has 0 radical (unpaired) electrons. The summed E-state index contributed by atoms with van der Waals surface area (Å²) in [4.78, 5) is 29.5. The van der Waals surface area contributed by atoms with E-state index in [1.165, 1.54) is 16.7 Å². The molecular formula is C20H21ClN2O2S. The third kappa shape index (κ3) is 3.84. The van der Waals surface area contributed by atoms with E-state index >= 15 is 0 Å². The van der Waals surface area contributed by atoms with Crippen molar-refractivity contribution >= 4 is 34.8 Å². The second-order valence-corrected chi connectivity index (χ2v) is 7.72. The average molecular weight is 389 g/mol. The van der Waals surface area contributed by atoms with Crippen LogP contribution in [0, 0.1) is 0 Å². The van der Waals surface area contributed by atoms with Gasteiger partial charge in [0.1, 0.15) is 6.54 Å². The van der Waals surface area contributed by atoms with Crippen molar-refractivity contribution in [2.75, 3.05) is 19.6 Å². The van der Waals surface area contributed by atoms with Crippen molar-refractivity contribution in [3.63, 3.8) is 0 Å². The molecule has 0 saturated heterocycles. The molecule has 0 unspecified atom stereocenters. The first-order valence-corrected chi connectivity index (χ1v) is 9.74. The number of benzene rings is 1. The molecular weight excluding hydrogens is 368 g/mol. The molecule has 2 amide bonds. The van der Waals surface area contributed by atoms with Gasteiger partial charge in [0.05, 0.1) is 6.04 Å². The van der Waals surface area contributed by atoms with Crippen LogP contribution in [0.5, 0.6) is 0 Å². The normalized spacial score (nSPS) is 16.1. The molecule has 4 nitrogen and oxygen atoms in total. The van der Waals surface area contributed by atoms with Crippen molar-refractivity contribution in [1.82, 2.24) is 9.80 Å². The summed E-state index contributed by atoms with van der Waals surface area (Å²) in [5, 5.41) is 2.74. The molecule has 1 aliphatic heterocycles. The maximum Gasteiger partial charge on any atom is 0.243 e. The first kappa shape index (κ1) is 18.7. The number of hydrogen-bond acceptors (Lipinski definition) is 3. The summed E-state index contributed by atoms with van der Waals surface area (Å²) in [6.45, 7) is 6.20. The van der Waals surface area contributed by atoms with Crippen molar-refractivity contribution in [2.24, 2.45) is 0 Å². The largest absolute Gasteiger partial charge is 0.330 e. The Kier molecular flexibility index (Phi) is 5.79. The van der Waals surface area contributed by atoms with Crippen LogP contribution in [0.15, 0.2) is 48.4 Å². The smallest absolute Gasteiger partial charge is 0.243 e. The zero-order chi connectivity index (χ0) is 18.7. The van der Waals surface area contributed by atoms with E-state index in [1.54, 1.807) is 17.4 Å². The number of halogens is 1. The molecule has 1 atom stereocenters. The Hall–Kier alpha value is -2.11. The summed E-state index contributed by atoms with van der Waals surface area (Å²) in [6, 6.07) is 9.57. The fourth-order valence-corrected chi connectivity index (χ4v) is 4.33. The lowest BCUT2D eigenvalue weighted by Crippen LogP contribution is -2.46. The SMILES string of the molecule is C=CCN(CC(=O)N1CCc2sccc2[C@@H]1c1ccc(Cl)cc1)C(C)=O. The van der Waals surface area contributed by atoms with E-state index in [4.69, 9.17) is 11.6 Å². The van der Waals surface area contributed by atoms with Gasteiger partial charge in [-0.05, 0) is 41.1 Å². The van der Waals surface area contributed by atoms with Crippen LogP contribution in [-0.2, 0) is 16.0 Å². The summed E-state index contributed by atoms with van der Waals surface area (Å²) in [5.41, 5.74) is 2.19. The van der Waals surface area contributed by atoms with Crippen molar-refractivity contribution in [3.8, 4) is 0 Å². The van der Waals surface area contributed by atoms with E-state index in [0.29, 0.717) is 18.1 Å². The molecule has 0 spiro atoms. The van der Waals surface area contributed by atoms with Crippen LogP contribution in [0.25, 0.3) is 0 Å². The summed E-state index contributed by atoms with van der Waals surface area (Å²) in [5.74, 6) is -0.187. The fourth-order valence-electron chi connectivity index (χ4n) is 3.30. The molecule has 0 fully saturated rings. The van der Waals surface area contributed by atoms with Gasteiger partial charge in [-0.15, -0.1) is 17.9 Å². The van der Waals surface area contributed by atoms with Gasteiger partial charge in [0.2, 0.25) is 11.8 Å². The maximum atomic E-state index is 13.0. The topological polar surface area (TPSA) is 40.6 Å². The lowest BCUT2D eigenvalue weighted by atomic mass is 9.93. The standard InChI is InChI=1S/C20H21ClN2O2S/c1-3-10-22(14(2)24)13-19(25)23-11-8-18-17(9-12-26-18)20(23)15-4-6-16(21)7-5-15/h3-7,9,12,20H,1,8,10-11,13H2,2H3/t20-/m0/s1. The molecule has 136 valence electrons. The van der Waals surface area contributed by atoms with E-state index in [-0.39, 0.29) is 24.4 Å². The molecule has 1 aliphatic rings. The van der Waals surface area contributed by atoms with Crippen LogP contribution in [0.1, 0.15) is 29.0 Å². The minimum atomic E-state index is -0.146. The van der Waals surface area contributed by atoms with Gasteiger partial charge in [0, 0.05) is 29.9 Å². The Morgan fingerprint density at radius 1 is 1.35 bits per heavy atom. The molecule has 1 aromatic carbocycles. The Labute approximate surface area is 162 Å². The number of carbonyl (C=O) groups is 2. The molecule has 2 heterocycles. The number of fused-ring (bicyclic) bond motifs is 1. The zero-order valence-electron chi connectivity index (χ0n) is 14.7. The van der Waals surface area contributed by atoms with Crippen molar-refractivity contribution in [2.45, 2.75) is 19.4 Å². The van der Waals surface area contributed by atoms with Crippen molar-refractivity contribution < 1.29 is 9.59 Å². The predicted molar refractivity (Wildman–Crippen MR) is 105 cm³/mol. The highest BCUT2D eigenvalue weighted by Gasteiger charge is 2.33. The van der Waals surface area contributed by atoms with Crippen LogP contribution >= 0.6 is 22.9 Å². The lowest BCUT2D eigenvalue weighted by molar-refractivity contribution is -0.140. The minimum absolute atomic E-state index is 0.0566. The van der Waals surface area contributed by atoms with Crippen molar-refractivity contribution in [1.29, 1.82) is 0 Å². The third-order valence-corrected chi connectivity index (χ3v) is 5.84. The Balaban J connectivity index is 1.91.